The summed E-state index contributed by atoms with van der Waals surface area (Å²) in [4.78, 5) is 11.1. The lowest BCUT2D eigenvalue weighted by Crippen LogP contribution is -2.49. The summed E-state index contributed by atoms with van der Waals surface area (Å²) in [7, 11) is -3.44. The number of rotatable bonds is 5. The summed E-state index contributed by atoms with van der Waals surface area (Å²) in [6.45, 7) is 6.27. The summed E-state index contributed by atoms with van der Waals surface area (Å²) >= 11 is 0. The van der Waals surface area contributed by atoms with Crippen molar-refractivity contribution < 1.29 is 13.2 Å². The zero-order valence-corrected chi connectivity index (χ0v) is 15.2. The summed E-state index contributed by atoms with van der Waals surface area (Å²) in [5.74, 6) is 1.96. The first-order chi connectivity index (χ1) is 12.0. The molecule has 1 aromatic heterocycles. The molecule has 25 heavy (non-hydrogen) atoms. The van der Waals surface area contributed by atoms with E-state index in [1.54, 1.807) is 30.3 Å². The lowest BCUT2D eigenvalue weighted by molar-refractivity contribution is 0.325. The minimum Gasteiger partial charge on any atom is -0.478 e. The summed E-state index contributed by atoms with van der Waals surface area (Å²) in [6.07, 6.45) is 0. The van der Waals surface area contributed by atoms with Crippen molar-refractivity contribution in [2.24, 2.45) is 0 Å². The monoisotopic (exact) mass is 362 g/mol. The van der Waals surface area contributed by atoms with Crippen LogP contribution in [0.3, 0.4) is 0 Å². The molecule has 3 rings (SSSR count). The first-order valence-corrected chi connectivity index (χ1v) is 9.73. The number of anilines is 1. The van der Waals surface area contributed by atoms with E-state index in [9.17, 15) is 8.42 Å². The third kappa shape index (κ3) is 3.91. The molecule has 1 aromatic carbocycles. The average molecular weight is 362 g/mol. The van der Waals surface area contributed by atoms with Crippen LogP contribution in [0.4, 0.5) is 5.82 Å². The van der Waals surface area contributed by atoms with Crippen LogP contribution in [0.5, 0.6) is 5.88 Å². The van der Waals surface area contributed by atoms with Gasteiger partial charge in [-0.3, -0.25) is 0 Å². The lowest BCUT2D eigenvalue weighted by Gasteiger charge is -2.34. The Hall–Kier alpha value is -2.19. The highest BCUT2D eigenvalue weighted by atomic mass is 32.2. The van der Waals surface area contributed by atoms with Gasteiger partial charge < -0.3 is 9.64 Å². The van der Waals surface area contributed by atoms with Gasteiger partial charge in [0.25, 0.3) is 0 Å². The number of hydrogen-bond donors (Lipinski definition) is 0. The van der Waals surface area contributed by atoms with E-state index in [-0.39, 0.29) is 0 Å². The number of sulfonamides is 1. The van der Waals surface area contributed by atoms with Crippen molar-refractivity contribution in [3.63, 3.8) is 0 Å². The molecule has 0 bridgehead atoms. The Kier molecular flexibility index (Phi) is 5.19. The van der Waals surface area contributed by atoms with Crippen molar-refractivity contribution in [2.75, 3.05) is 37.7 Å². The van der Waals surface area contributed by atoms with E-state index < -0.39 is 10.0 Å². The Labute approximate surface area is 148 Å². The maximum atomic E-state index is 12.7. The van der Waals surface area contributed by atoms with E-state index in [0.29, 0.717) is 49.4 Å². The van der Waals surface area contributed by atoms with Crippen LogP contribution in [-0.2, 0) is 10.0 Å². The van der Waals surface area contributed by atoms with Crippen LogP contribution >= 0.6 is 0 Å². The molecule has 7 nitrogen and oxygen atoms in total. The van der Waals surface area contributed by atoms with E-state index in [0.717, 1.165) is 5.82 Å². The minimum atomic E-state index is -3.44. The van der Waals surface area contributed by atoms with Crippen molar-refractivity contribution in [1.82, 2.24) is 14.3 Å². The second kappa shape index (κ2) is 7.37. The van der Waals surface area contributed by atoms with Crippen LogP contribution in [0.15, 0.2) is 41.3 Å². The molecule has 8 heteroatoms. The number of piperazine rings is 1. The molecule has 0 radical (unpaired) electrons. The topological polar surface area (TPSA) is 75.6 Å². The molecule has 2 heterocycles. The van der Waals surface area contributed by atoms with Crippen molar-refractivity contribution in [2.45, 2.75) is 18.7 Å². The predicted octanol–water partition coefficient (Wildman–Crippen LogP) is 1.69. The van der Waals surface area contributed by atoms with Gasteiger partial charge in [-0.05, 0) is 26.0 Å². The number of ether oxygens (including phenoxy) is 1. The summed E-state index contributed by atoms with van der Waals surface area (Å²) in [5.41, 5.74) is 0. The van der Waals surface area contributed by atoms with Gasteiger partial charge in [0, 0.05) is 32.2 Å². The van der Waals surface area contributed by atoms with E-state index in [2.05, 4.69) is 14.9 Å². The number of aryl methyl sites for hydroxylation is 1. The van der Waals surface area contributed by atoms with Crippen molar-refractivity contribution in [3.8, 4) is 5.88 Å². The molecule has 0 atom stereocenters. The maximum absolute atomic E-state index is 12.7. The van der Waals surface area contributed by atoms with Gasteiger partial charge in [-0.1, -0.05) is 18.2 Å². The zero-order valence-electron chi connectivity index (χ0n) is 14.4. The van der Waals surface area contributed by atoms with Crippen molar-refractivity contribution in [1.29, 1.82) is 0 Å². The summed E-state index contributed by atoms with van der Waals surface area (Å²) < 4.78 is 32.4. The third-order valence-electron chi connectivity index (χ3n) is 4.04. The Balaban J connectivity index is 1.72. The number of hydrogen-bond acceptors (Lipinski definition) is 6. The van der Waals surface area contributed by atoms with Crippen LogP contribution in [0.1, 0.15) is 12.7 Å². The molecular weight excluding hydrogens is 340 g/mol. The highest BCUT2D eigenvalue weighted by Gasteiger charge is 2.29. The lowest BCUT2D eigenvalue weighted by atomic mass is 10.3. The van der Waals surface area contributed by atoms with Gasteiger partial charge in [-0.2, -0.15) is 9.29 Å². The van der Waals surface area contributed by atoms with Gasteiger partial charge in [-0.25, -0.2) is 13.4 Å². The zero-order chi connectivity index (χ0) is 17.9. The highest BCUT2D eigenvalue weighted by Crippen LogP contribution is 2.22. The van der Waals surface area contributed by atoms with Crippen LogP contribution in [-0.4, -0.2) is 55.5 Å². The molecule has 134 valence electrons. The Morgan fingerprint density at radius 3 is 2.40 bits per heavy atom. The Bertz CT molecular complexity index is 819. The van der Waals surface area contributed by atoms with Gasteiger partial charge >= 0.3 is 0 Å². The number of aromatic nitrogens is 2. The number of benzene rings is 1. The average Bonchev–Trinajstić information content (AvgIpc) is 2.62. The van der Waals surface area contributed by atoms with Crippen LogP contribution < -0.4 is 9.64 Å². The predicted molar refractivity (Wildman–Crippen MR) is 95.4 cm³/mol. The molecule has 0 unspecified atom stereocenters. The van der Waals surface area contributed by atoms with Gasteiger partial charge in [0.05, 0.1) is 11.5 Å². The second-order valence-electron chi connectivity index (χ2n) is 5.75. The van der Waals surface area contributed by atoms with E-state index in [1.807, 2.05) is 19.9 Å². The molecule has 1 fully saturated rings. The quantitative estimate of drug-likeness (QED) is 0.806. The van der Waals surface area contributed by atoms with Gasteiger partial charge in [0.15, 0.2) is 0 Å². The largest absolute Gasteiger partial charge is 0.478 e. The summed E-state index contributed by atoms with van der Waals surface area (Å²) in [5, 5.41) is 0. The molecule has 1 aliphatic heterocycles. The molecule has 2 aromatic rings. The Morgan fingerprint density at radius 2 is 1.76 bits per heavy atom. The summed E-state index contributed by atoms with van der Waals surface area (Å²) in [6, 6.07) is 10.3. The van der Waals surface area contributed by atoms with Crippen LogP contribution in [0.25, 0.3) is 0 Å². The normalized spacial score (nSPS) is 16.0. The fraction of sp³-hybridized carbons (Fsp3) is 0.412. The first-order valence-electron chi connectivity index (χ1n) is 8.29. The van der Waals surface area contributed by atoms with Crippen molar-refractivity contribution >= 4 is 15.8 Å². The molecule has 0 spiro atoms. The smallest absolute Gasteiger partial charge is 0.243 e. The molecule has 1 aliphatic rings. The van der Waals surface area contributed by atoms with Gasteiger partial charge in [0.2, 0.25) is 15.9 Å². The standard InChI is InChI=1S/C17H22N4O3S/c1-3-24-17-13-16(18-14(2)19-17)20-9-11-21(12-10-20)25(22,23)15-7-5-4-6-8-15/h4-8,13H,3,9-12H2,1-2H3. The highest BCUT2D eigenvalue weighted by molar-refractivity contribution is 7.89. The van der Waals surface area contributed by atoms with E-state index in [4.69, 9.17) is 4.74 Å². The SMILES string of the molecule is CCOc1cc(N2CCN(S(=O)(=O)c3ccccc3)CC2)nc(C)n1. The second-order valence-corrected chi connectivity index (χ2v) is 7.69. The van der Waals surface area contributed by atoms with Gasteiger partial charge in [0.1, 0.15) is 11.6 Å². The van der Waals surface area contributed by atoms with Gasteiger partial charge in [-0.15, -0.1) is 0 Å². The molecule has 0 amide bonds. The fourth-order valence-electron chi connectivity index (χ4n) is 2.81. The van der Waals surface area contributed by atoms with Crippen LogP contribution in [0, 0.1) is 6.92 Å². The number of nitrogens with zero attached hydrogens (tertiary/aromatic N) is 4. The van der Waals surface area contributed by atoms with E-state index in [1.165, 1.54) is 4.31 Å². The Morgan fingerprint density at radius 1 is 1.08 bits per heavy atom. The van der Waals surface area contributed by atoms with Crippen LogP contribution in [0.2, 0.25) is 0 Å². The molecule has 1 saturated heterocycles. The molecule has 0 saturated carbocycles. The third-order valence-corrected chi connectivity index (χ3v) is 5.95. The molecule has 0 N–H and O–H groups in total. The minimum absolute atomic E-state index is 0.333. The van der Waals surface area contributed by atoms with E-state index >= 15 is 0 Å². The van der Waals surface area contributed by atoms with Crippen molar-refractivity contribution in [3.05, 3.63) is 42.2 Å². The molecule has 0 aliphatic carbocycles. The molecular formula is C17H22N4O3S. The maximum Gasteiger partial charge on any atom is 0.243 e. The first kappa shape index (κ1) is 17.6. The fourth-order valence-corrected chi connectivity index (χ4v) is 4.25.